The zero-order valence-corrected chi connectivity index (χ0v) is 20.2. The number of imide groups is 1. The van der Waals surface area contributed by atoms with E-state index < -0.39 is 40.0 Å². The summed E-state index contributed by atoms with van der Waals surface area (Å²) in [6, 6.07) is 12.8. The number of hydrogen-bond acceptors (Lipinski definition) is 6. The molecule has 3 aliphatic rings. The van der Waals surface area contributed by atoms with E-state index in [9.17, 15) is 22.8 Å². The number of nitrogens with zero attached hydrogens (tertiary/aromatic N) is 3. The minimum atomic E-state index is -3.61. The summed E-state index contributed by atoms with van der Waals surface area (Å²) in [7, 11) is -1.66. The van der Waals surface area contributed by atoms with Crippen LogP contribution in [-0.4, -0.2) is 80.1 Å². The first kappa shape index (κ1) is 23.5. The summed E-state index contributed by atoms with van der Waals surface area (Å²) in [5, 5.41) is 5.44. The number of likely N-dealkylation sites (N-methyl/N-ethyl adjacent to an activating group) is 1. The van der Waals surface area contributed by atoms with Gasteiger partial charge in [-0.25, -0.2) is 13.2 Å². The Labute approximate surface area is 203 Å². The van der Waals surface area contributed by atoms with Gasteiger partial charge in [0, 0.05) is 31.9 Å². The van der Waals surface area contributed by atoms with Crippen molar-refractivity contribution in [2.45, 2.75) is 23.3 Å². The molecule has 2 saturated heterocycles. The lowest BCUT2D eigenvalue weighted by molar-refractivity contribution is -0.134. The Kier molecular flexibility index (Phi) is 5.86. The summed E-state index contributed by atoms with van der Waals surface area (Å²) in [5.41, 5.74) is 1.05. The molecule has 1 aliphatic carbocycles. The highest BCUT2D eigenvalue weighted by molar-refractivity contribution is 7.89. The summed E-state index contributed by atoms with van der Waals surface area (Å²) in [4.78, 5) is 41.6. The van der Waals surface area contributed by atoms with Crippen molar-refractivity contribution in [3.8, 4) is 0 Å². The van der Waals surface area contributed by atoms with E-state index in [-0.39, 0.29) is 4.90 Å². The molecule has 1 unspecified atom stereocenters. The molecule has 1 atom stereocenters. The summed E-state index contributed by atoms with van der Waals surface area (Å²) in [6.45, 7) is 1.76. The van der Waals surface area contributed by atoms with Gasteiger partial charge in [-0.1, -0.05) is 24.3 Å². The lowest BCUT2D eigenvalue weighted by Gasteiger charge is -2.31. The average Bonchev–Trinajstić information content (AvgIpc) is 3.32. The molecule has 2 N–H and O–H groups in total. The maximum Gasteiger partial charge on any atom is 0.325 e. The monoisotopic (exact) mass is 497 g/mol. The number of nitrogens with one attached hydrogen (secondary N) is 2. The Hall–Kier alpha value is -3.28. The van der Waals surface area contributed by atoms with Crippen LogP contribution in [0.25, 0.3) is 0 Å². The van der Waals surface area contributed by atoms with Crippen molar-refractivity contribution >= 4 is 33.6 Å². The summed E-state index contributed by atoms with van der Waals surface area (Å²) >= 11 is 0. The van der Waals surface area contributed by atoms with Crippen LogP contribution < -0.4 is 10.6 Å². The van der Waals surface area contributed by atoms with Crippen molar-refractivity contribution in [2.24, 2.45) is 0 Å². The maximum atomic E-state index is 13.2. The van der Waals surface area contributed by atoms with Gasteiger partial charge in [0.25, 0.3) is 5.91 Å². The van der Waals surface area contributed by atoms with E-state index in [2.05, 4.69) is 15.5 Å². The average molecular weight is 498 g/mol. The number of anilines is 1. The maximum absolute atomic E-state index is 13.2. The normalized spacial score (nSPS) is 22.9. The standard InChI is InChI=1S/C24H27N5O5S/c1-27-12-14-28(15-13-27)35(33,34)19-8-6-18(7-9-19)25-21(30)16-29-22(31)24(26-23(29)32)11-10-17-4-2-3-5-20(17)24/h2-9H,10-16H2,1H3,(H,25,30)(H,26,32). The van der Waals surface area contributed by atoms with E-state index in [4.69, 9.17) is 0 Å². The molecule has 2 fully saturated rings. The zero-order chi connectivity index (χ0) is 24.8. The molecule has 4 amide bonds. The lowest BCUT2D eigenvalue weighted by atomic mass is 9.92. The van der Waals surface area contributed by atoms with E-state index in [1.807, 2.05) is 31.3 Å². The fourth-order valence-corrected chi connectivity index (χ4v) is 6.39. The number of carbonyl (C=O) groups excluding carboxylic acids is 3. The first-order chi connectivity index (χ1) is 16.7. The quantitative estimate of drug-likeness (QED) is 0.594. The second-order valence-electron chi connectivity index (χ2n) is 9.16. The van der Waals surface area contributed by atoms with Crippen LogP contribution in [0.2, 0.25) is 0 Å². The van der Waals surface area contributed by atoms with Crippen LogP contribution >= 0.6 is 0 Å². The molecule has 10 nitrogen and oxygen atoms in total. The van der Waals surface area contributed by atoms with Crippen molar-refractivity contribution in [1.82, 2.24) is 19.4 Å². The number of carbonyl (C=O) groups is 3. The van der Waals surface area contributed by atoms with Gasteiger partial charge in [0.2, 0.25) is 15.9 Å². The lowest BCUT2D eigenvalue weighted by Crippen LogP contribution is -2.46. The minimum absolute atomic E-state index is 0.149. The largest absolute Gasteiger partial charge is 0.325 e. The molecule has 11 heteroatoms. The van der Waals surface area contributed by atoms with Crippen molar-refractivity contribution < 1.29 is 22.8 Å². The van der Waals surface area contributed by atoms with Crippen LogP contribution in [-0.2, 0) is 31.6 Å². The van der Waals surface area contributed by atoms with E-state index in [1.54, 1.807) is 0 Å². The Morgan fingerprint density at radius 2 is 1.71 bits per heavy atom. The van der Waals surface area contributed by atoms with Gasteiger partial charge < -0.3 is 15.5 Å². The fraction of sp³-hybridized carbons (Fsp3) is 0.375. The number of hydrogen-bond donors (Lipinski definition) is 2. The fourth-order valence-electron chi connectivity index (χ4n) is 4.97. The molecule has 0 bridgehead atoms. The zero-order valence-electron chi connectivity index (χ0n) is 19.4. The third-order valence-corrected chi connectivity index (χ3v) is 8.87. The van der Waals surface area contributed by atoms with Crippen LogP contribution in [0, 0.1) is 0 Å². The number of sulfonamides is 1. The van der Waals surface area contributed by atoms with Crippen LogP contribution in [0.4, 0.5) is 10.5 Å². The summed E-state index contributed by atoms with van der Waals surface area (Å²) in [5.74, 6) is -0.984. The second kappa shape index (κ2) is 8.74. The molecule has 5 rings (SSSR count). The summed E-state index contributed by atoms with van der Waals surface area (Å²) in [6.07, 6.45) is 1.13. The van der Waals surface area contributed by atoms with Gasteiger partial charge in [-0.15, -0.1) is 0 Å². The van der Waals surface area contributed by atoms with Gasteiger partial charge in [-0.05, 0) is 55.3 Å². The van der Waals surface area contributed by atoms with E-state index in [1.165, 1.54) is 28.6 Å². The first-order valence-electron chi connectivity index (χ1n) is 11.5. The molecule has 184 valence electrons. The number of piperazine rings is 1. The van der Waals surface area contributed by atoms with Gasteiger partial charge >= 0.3 is 6.03 Å². The van der Waals surface area contributed by atoms with Crippen molar-refractivity contribution in [3.05, 3.63) is 59.7 Å². The molecular weight excluding hydrogens is 470 g/mol. The third-order valence-electron chi connectivity index (χ3n) is 6.96. The predicted octanol–water partition coefficient (Wildman–Crippen LogP) is 0.955. The molecule has 2 heterocycles. The molecule has 2 aromatic rings. The smallest absolute Gasteiger partial charge is 0.325 e. The van der Waals surface area contributed by atoms with Gasteiger partial charge in [0.05, 0.1) is 4.90 Å². The highest BCUT2D eigenvalue weighted by Gasteiger charge is 2.55. The molecule has 2 aromatic carbocycles. The number of amides is 4. The Bertz CT molecular complexity index is 1290. The van der Waals surface area contributed by atoms with Crippen molar-refractivity contribution in [2.75, 3.05) is 45.1 Å². The van der Waals surface area contributed by atoms with Gasteiger partial charge in [0.1, 0.15) is 12.1 Å². The van der Waals surface area contributed by atoms with Gasteiger partial charge in [0.15, 0.2) is 0 Å². The van der Waals surface area contributed by atoms with E-state index >= 15 is 0 Å². The van der Waals surface area contributed by atoms with Crippen molar-refractivity contribution in [1.29, 1.82) is 0 Å². The van der Waals surface area contributed by atoms with Crippen LogP contribution in [0.15, 0.2) is 53.4 Å². The Morgan fingerprint density at radius 1 is 1.03 bits per heavy atom. The number of rotatable bonds is 5. The van der Waals surface area contributed by atoms with Gasteiger partial charge in [-0.2, -0.15) is 4.31 Å². The van der Waals surface area contributed by atoms with Crippen LogP contribution in [0.1, 0.15) is 17.5 Å². The van der Waals surface area contributed by atoms with E-state index in [0.29, 0.717) is 44.7 Å². The van der Waals surface area contributed by atoms with Crippen molar-refractivity contribution in [3.63, 3.8) is 0 Å². The molecule has 0 saturated carbocycles. The topological polar surface area (TPSA) is 119 Å². The van der Waals surface area contributed by atoms with Crippen LogP contribution in [0.3, 0.4) is 0 Å². The Balaban J connectivity index is 1.24. The first-order valence-corrected chi connectivity index (χ1v) is 13.0. The molecule has 0 radical (unpaired) electrons. The highest BCUT2D eigenvalue weighted by atomic mass is 32.2. The van der Waals surface area contributed by atoms with Gasteiger partial charge in [-0.3, -0.25) is 14.5 Å². The third kappa shape index (κ3) is 4.09. The van der Waals surface area contributed by atoms with Crippen LogP contribution in [0.5, 0.6) is 0 Å². The number of urea groups is 1. The number of benzene rings is 2. The number of aryl methyl sites for hydroxylation is 1. The minimum Gasteiger partial charge on any atom is -0.325 e. The predicted molar refractivity (Wildman–Crippen MR) is 128 cm³/mol. The SMILES string of the molecule is CN1CCN(S(=O)(=O)c2ccc(NC(=O)CN3C(=O)NC4(CCc5ccccc54)C3=O)cc2)CC1. The molecule has 1 spiro atoms. The summed E-state index contributed by atoms with van der Waals surface area (Å²) < 4.78 is 27.2. The highest BCUT2D eigenvalue weighted by Crippen LogP contribution is 2.41. The molecular formula is C24H27N5O5S. The molecule has 2 aliphatic heterocycles. The van der Waals surface area contributed by atoms with E-state index in [0.717, 1.165) is 16.0 Å². The Morgan fingerprint density at radius 3 is 2.43 bits per heavy atom. The molecule has 0 aromatic heterocycles. The number of fused-ring (bicyclic) bond motifs is 2. The second-order valence-corrected chi connectivity index (χ2v) is 11.1. The molecule has 35 heavy (non-hydrogen) atoms.